The fraction of sp³-hybridized carbons (Fsp3) is 0.240. The molecule has 0 fully saturated rings. The molecule has 0 bridgehead atoms. The summed E-state index contributed by atoms with van der Waals surface area (Å²) in [6, 6.07) is 17.9. The second-order valence-electron chi connectivity index (χ2n) is 7.76. The molecule has 0 radical (unpaired) electrons. The molecule has 0 saturated carbocycles. The average Bonchev–Trinajstić information content (AvgIpc) is 3.05. The Hall–Kier alpha value is -3.18. The Labute approximate surface area is 187 Å². The van der Waals surface area contributed by atoms with Crippen molar-refractivity contribution >= 4 is 34.3 Å². The zero-order valence-electron chi connectivity index (χ0n) is 18.4. The Kier molecular flexibility index (Phi) is 5.79. The molecule has 0 aliphatic rings. The van der Waals surface area contributed by atoms with Gasteiger partial charge in [0.1, 0.15) is 11.5 Å². The van der Waals surface area contributed by atoms with E-state index in [9.17, 15) is 0 Å². The van der Waals surface area contributed by atoms with E-state index in [0.717, 1.165) is 39.2 Å². The van der Waals surface area contributed by atoms with E-state index in [4.69, 9.17) is 26.1 Å². The lowest BCUT2D eigenvalue weighted by atomic mass is 10.0. The predicted octanol–water partition coefficient (Wildman–Crippen LogP) is 6.74. The highest BCUT2D eigenvalue weighted by molar-refractivity contribution is 6.31. The van der Waals surface area contributed by atoms with Gasteiger partial charge in [0.05, 0.1) is 29.9 Å². The first-order chi connectivity index (χ1) is 14.9. The van der Waals surface area contributed by atoms with Gasteiger partial charge >= 0.3 is 0 Å². The molecule has 1 heterocycles. The largest absolute Gasteiger partial charge is 0.495 e. The van der Waals surface area contributed by atoms with E-state index in [1.54, 1.807) is 13.2 Å². The zero-order valence-corrected chi connectivity index (χ0v) is 19.1. The van der Waals surface area contributed by atoms with E-state index in [1.807, 2.05) is 64.2 Å². The van der Waals surface area contributed by atoms with Crippen LogP contribution in [0.2, 0.25) is 5.02 Å². The third-order valence-corrected chi connectivity index (χ3v) is 5.37. The van der Waals surface area contributed by atoms with Crippen molar-refractivity contribution in [3.05, 3.63) is 65.2 Å². The van der Waals surface area contributed by atoms with Gasteiger partial charge in [-0.15, -0.1) is 0 Å². The lowest BCUT2D eigenvalue weighted by Gasteiger charge is -2.16. The summed E-state index contributed by atoms with van der Waals surface area (Å²) in [5.74, 6) is 2.25. The number of benzene rings is 3. The number of methoxy groups -OCH3 is 1. The highest BCUT2D eigenvalue weighted by atomic mass is 35.5. The van der Waals surface area contributed by atoms with Crippen LogP contribution in [0.25, 0.3) is 22.2 Å². The van der Waals surface area contributed by atoms with Gasteiger partial charge in [-0.2, -0.15) is 0 Å². The van der Waals surface area contributed by atoms with Crippen molar-refractivity contribution in [2.45, 2.75) is 26.9 Å². The Balaban J connectivity index is 1.85. The molecule has 1 N–H and O–H groups in total. The maximum atomic E-state index is 6.20. The van der Waals surface area contributed by atoms with Crippen molar-refractivity contribution in [3.63, 3.8) is 0 Å². The summed E-state index contributed by atoms with van der Waals surface area (Å²) in [6.07, 6.45) is 0.0875. The second kappa shape index (κ2) is 8.52. The third-order valence-electron chi connectivity index (χ3n) is 5.15. The van der Waals surface area contributed by atoms with Gasteiger partial charge in [-0.1, -0.05) is 41.9 Å². The SMILES string of the molecule is COc1cc(Cl)cc(C)c1Nc1nc2cccc(-c3ccccc3OC(C)C)c2n1C. The molecule has 0 aliphatic carbocycles. The Morgan fingerprint density at radius 2 is 1.74 bits per heavy atom. The van der Waals surface area contributed by atoms with Gasteiger partial charge in [0.25, 0.3) is 0 Å². The lowest BCUT2D eigenvalue weighted by molar-refractivity contribution is 0.243. The fourth-order valence-electron chi connectivity index (χ4n) is 3.79. The number of halogens is 1. The van der Waals surface area contributed by atoms with Crippen molar-refractivity contribution in [2.24, 2.45) is 7.05 Å². The topological polar surface area (TPSA) is 48.3 Å². The number of nitrogens with zero attached hydrogens (tertiary/aromatic N) is 2. The smallest absolute Gasteiger partial charge is 0.208 e. The first-order valence-electron chi connectivity index (χ1n) is 10.2. The molecule has 0 atom stereocenters. The summed E-state index contributed by atoms with van der Waals surface area (Å²) < 4.78 is 13.7. The monoisotopic (exact) mass is 435 g/mol. The molecule has 0 aliphatic heterocycles. The van der Waals surface area contributed by atoms with E-state index in [1.165, 1.54) is 0 Å². The number of ether oxygens (including phenoxy) is 2. The maximum Gasteiger partial charge on any atom is 0.208 e. The number of hydrogen-bond acceptors (Lipinski definition) is 4. The van der Waals surface area contributed by atoms with Crippen LogP contribution in [0.1, 0.15) is 19.4 Å². The van der Waals surface area contributed by atoms with Crippen LogP contribution >= 0.6 is 11.6 Å². The minimum atomic E-state index is 0.0875. The molecular formula is C25H26ClN3O2. The Morgan fingerprint density at radius 1 is 1.00 bits per heavy atom. The van der Waals surface area contributed by atoms with Gasteiger partial charge in [-0.3, -0.25) is 0 Å². The van der Waals surface area contributed by atoms with Crippen LogP contribution < -0.4 is 14.8 Å². The zero-order chi connectivity index (χ0) is 22.1. The normalized spacial score (nSPS) is 11.2. The first kappa shape index (κ1) is 21.1. The minimum absolute atomic E-state index is 0.0875. The third kappa shape index (κ3) is 4.06. The molecule has 0 unspecified atom stereocenters. The van der Waals surface area contributed by atoms with Gasteiger partial charge in [0.2, 0.25) is 5.95 Å². The van der Waals surface area contributed by atoms with Crippen molar-refractivity contribution in [1.82, 2.24) is 9.55 Å². The molecular weight excluding hydrogens is 410 g/mol. The van der Waals surface area contributed by atoms with Crippen LogP contribution in [-0.4, -0.2) is 22.8 Å². The summed E-state index contributed by atoms with van der Waals surface area (Å²) in [6.45, 7) is 6.06. The second-order valence-corrected chi connectivity index (χ2v) is 8.19. The highest BCUT2D eigenvalue weighted by Crippen LogP contribution is 2.38. The van der Waals surface area contributed by atoms with Crippen LogP contribution in [0.5, 0.6) is 11.5 Å². The number of nitrogens with one attached hydrogen (secondary N) is 1. The van der Waals surface area contributed by atoms with E-state index >= 15 is 0 Å². The Bertz CT molecular complexity index is 1250. The maximum absolute atomic E-state index is 6.20. The van der Waals surface area contributed by atoms with Crippen LogP contribution in [0.3, 0.4) is 0 Å². The summed E-state index contributed by atoms with van der Waals surface area (Å²) in [7, 11) is 3.64. The van der Waals surface area contributed by atoms with Crippen molar-refractivity contribution in [2.75, 3.05) is 12.4 Å². The quantitative estimate of drug-likeness (QED) is 0.364. The van der Waals surface area contributed by atoms with Crippen LogP contribution in [0, 0.1) is 6.92 Å². The van der Waals surface area contributed by atoms with Gasteiger partial charge < -0.3 is 19.4 Å². The van der Waals surface area contributed by atoms with Gasteiger partial charge in [-0.05, 0) is 44.5 Å². The van der Waals surface area contributed by atoms with Crippen molar-refractivity contribution < 1.29 is 9.47 Å². The number of rotatable bonds is 6. The van der Waals surface area contributed by atoms with Crippen LogP contribution in [0.15, 0.2) is 54.6 Å². The van der Waals surface area contributed by atoms with E-state index in [-0.39, 0.29) is 6.10 Å². The standard InChI is InChI=1S/C25H26ClN3O2/c1-15(2)31-21-12-7-6-9-18(21)19-10-8-11-20-24(19)29(4)25(27-20)28-23-16(3)13-17(26)14-22(23)30-5/h6-15H,1-5H3,(H,27,28). The summed E-state index contributed by atoms with van der Waals surface area (Å²) >= 11 is 6.20. The van der Waals surface area contributed by atoms with Crippen LogP contribution in [-0.2, 0) is 7.05 Å². The number of aromatic nitrogens is 2. The Morgan fingerprint density at radius 3 is 2.48 bits per heavy atom. The molecule has 31 heavy (non-hydrogen) atoms. The van der Waals surface area contributed by atoms with Gasteiger partial charge in [0, 0.05) is 29.3 Å². The van der Waals surface area contributed by atoms with E-state index in [0.29, 0.717) is 16.7 Å². The van der Waals surface area contributed by atoms with Gasteiger partial charge in [0.15, 0.2) is 0 Å². The first-order valence-corrected chi connectivity index (χ1v) is 10.6. The van der Waals surface area contributed by atoms with Crippen molar-refractivity contribution in [1.29, 1.82) is 0 Å². The molecule has 6 heteroatoms. The number of anilines is 2. The molecule has 0 amide bonds. The van der Waals surface area contributed by atoms with E-state index < -0.39 is 0 Å². The fourth-order valence-corrected chi connectivity index (χ4v) is 4.05. The minimum Gasteiger partial charge on any atom is -0.495 e. The summed E-state index contributed by atoms with van der Waals surface area (Å²) in [5, 5.41) is 4.07. The number of aryl methyl sites for hydroxylation is 2. The summed E-state index contributed by atoms with van der Waals surface area (Å²) in [4.78, 5) is 4.85. The average molecular weight is 436 g/mol. The van der Waals surface area contributed by atoms with Crippen LogP contribution in [0.4, 0.5) is 11.6 Å². The molecule has 0 saturated heterocycles. The molecule has 5 nitrogen and oxygen atoms in total. The van der Waals surface area contributed by atoms with E-state index in [2.05, 4.69) is 22.0 Å². The molecule has 4 rings (SSSR count). The molecule has 4 aromatic rings. The lowest BCUT2D eigenvalue weighted by Crippen LogP contribution is -2.06. The number of para-hydroxylation sites is 2. The summed E-state index contributed by atoms with van der Waals surface area (Å²) in [5.41, 5.74) is 5.85. The van der Waals surface area contributed by atoms with Crippen molar-refractivity contribution in [3.8, 4) is 22.6 Å². The molecule has 3 aromatic carbocycles. The predicted molar refractivity (Wildman–Crippen MR) is 128 cm³/mol. The molecule has 160 valence electrons. The molecule has 1 aromatic heterocycles. The highest BCUT2D eigenvalue weighted by Gasteiger charge is 2.18. The molecule has 0 spiro atoms. The number of hydrogen-bond donors (Lipinski definition) is 1. The number of fused-ring (bicyclic) bond motifs is 1. The number of imidazole rings is 1. The van der Waals surface area contributed by atoms with Gasteiger partial charge in [-0.25, -0.2) is 4.98 Å².